The Hall–Kier alpha value is -1.67. The lowest BCUT2D eigenvalue weighted by molar-refractivity contribution is 0.615. The number of hydrogen-bond donors (Lipinski definition) is 1. The van der Waals surface area contributed by atoms with Crippen molar-refractivity contribution in [3.8, 4) is 0 Å². The third-order valence-corrected chi connectivity index (χ3v) is 3.71. The van der Waals surface area contributed by atoms with Crippen LogP contribution in [0.25, 0.3) is 0 Å². The average Bonchev–Trinajstić information content (AvgIpc) is 2.42. The SMILES string of the molecule is Cc1cc(C(N)Cc2ccc(C(C)C)cc2)ccc1F. The number of nitrogens with two attached hydrogens (primary N) is 1. The van der Waals surface area contributed by atoms with Gasteiger partial charge in [0, 0.05) is 6.04 Å². The summed E-state index contributed by atoms with van der Waals surface area (Å²) in [5.74, 6) is 0.361. The van der Waals surface area contributed by atoms with E-state index in [-0.39, 0.29) is 11.9 Å². The third-order valence-electron chi connectivity index (χ3n) is 3.71. The molecule has 0 bridgehead atoms. The van der Waals surface area contributed by atoms with Crippen molar-refractivity contribution in [3.05, 3.63) is 70.5 Å². The van der Waals surface area contributed by atoms with Gasteiger partial charge in [0.1, 0.15) is 5.82 Å². The Morgan fingerprint density at radius 2 is 1.60 bits per heavy atom. The van der Waals surface area contributed by atoms with Gasteiger partial charge in [0.25, 0.3) is 0 Å². The molecule has 1 atom stereocenters. The smallest absolute Gasteiger partial charge is 0.126 e. The van der Waals surface area contributed by atoms with Gasteiger partial charge in [0.05, 0.1) is 0 Å². The molecule has 0 saturated carbocycles. The Bertz CT molecular complexity index is 572. The first-order chi connectivity index (χ1) is 9.47. The molecule has 2 N–H and O–H groups in total. The fraction of sp³-hybridized carbons (Fsp3) is 0.333. The van der Waals surface area contributed by atoms with Gasteiger partial charge in [0.2, 0.25) is 0 Å². The summed E-state index contributed by atoms with van der Waals surface area (Å²) < 4.78 is 13.3. The summed E-state index contributed by atoms with van der Waals surface area (Å²) in [4.78, 5) is 0. The molecule has 0 aromatic heterocycles. The standard InChI is InChI=1S/C18H22FN/c1-12(2)15-6-4-14(5-7-15)11-18(20)16-8-9-17(19)13(3)10-16/h4-10,12,18H,11,20H2,1-3H3. The fourth-order valence-electron chi connectivity index (χ4n) is 2.31. The van der Waals surface area contributed by atoms with Crippen LogP contribution in [0.5, 0.6) is 0 Å². The van der Waals surface area contributed by atoms with Gasteiger partial charge in [-0.3, -0.25) is 0 Å². The Morgan fingerprint density at radius 1 is 1.00 bits per heavy atom. The predicted molar refractivity (Wildman–Crippen MR) is 82.3 cm³/mol. The van der Waals surface area contributed by atoms with Crippen LogP contribution < -0.4 is 5.73 Å². The second-order valence-corrected chi connectivity index (χ2v) is 5.72. The molecule has 0 amide bonds. The number of hydrogen-bond acceptors (Lipinski definition) is 1. The van der Waals surface area contributed by atoms with Gasteiger partial charge in [-0.1, -0.05) is 50.2 Å². The molecular formula is C18H22FN. The number of benzene rings is 2. The highest BCUT2D eigenvalue weighted by molar-refractivity contribution is 5.30. The van der Waals surface area contributed by atoms with Gasteiger partial charge in [-0.05, 0) is 47.6 Å². The molecular weight excluding hydrogens is 249 g/mol. The predicted octanol–water partition coefficient (Wildman–Crippen LogP) is 4.50. The minimum absolute atomic E-state index is 0.0980. The van der Waals surface area contributed by atoms with Crippen molar-refractivity contribution in [2.75, 3.05) is 0 Å². The van der Waals surface area contributed by atoms with Crippen molar-refractivity contribution >= 4 is 0 Å². The molecule has 2 heteroatoms. The van der Waals surface area contributed by atoms with Gasteiger partial charge in [-0.15, -0.1) is 0 Å². The minimum Gasteiger partial charge on any atom is -0.324 e. The van der Waals surface area contributed by atoms with Crippen LogP contribution in [0, 0.1) is 12.7 Å². The van der Waals surface area contributed by atoms with E-state index >= 15 is 0 Å². The zero-order valence-electron chi connectivity index (χ0n) is 12.4. The monoisotopic (exact) mass is 271 g/mol. The van der Waals surface area contributed by atoms with Gasteiger partial charge in [-0.25, -0.2) is 4.39 Å². The summed E-state index contributed by atoms with van der Waals surface area (Å²) in [7, 11) is 0. The van der Waals surface area contributed by atoms with E-state index in [1.165, 1.54) is 17.2 Å². The largest absolute Gasteiger partial charge is 0.324 e. The van der Waals surface area contributed by atoms with Crippen molar-refractivity contribution in [3.63, 3.8) is 0 Å². The van der Waals surface area contributed by atoms with E-state index in [1.54, 1.807) is 13.0 Å². The Labute approximate surface area is 120 Å². The summed E-state index contributed by atoms with van der Waals surface area (Å²) in [6, 6.07) is 13.6. The van der Waals surface area contributed by atoms with Crippen molar-refractivity contribution < 1.29 is 4.39 Å². The number of rotatable bonds is 4. The highest BCUT2D eigenvalue weighted by atomic mass is 19.1. The molecule has 0 heterocycles. The molecule has 0 aliphatic carbocycles. The van der Waals surface area contributed by atoms with Crippen LogP contribution in [0.4, 0.5) is 4.39 Å². The summed E-state index contributed by atoms with van der Waals surface area (Å²) in [6.07, 6.45) is 0.767. The minimum atomic E-state index is -0.178. The maximum atomic E-state index is 13.3. The molecule has 0 aliphatic rings. The highest BCUT2D eigenvalue weighted by Crippen LogP contribution is 2.20. The van der Waals surface area contributed by atoms with Crippen LogP contribution in [0.1, 0.15) is 48.1 Å². The Balaban J connectivity index is 2.10. The lowest BCUT2D eigenvalue weighted by atomic mass is 9.96. The van der Waals surface area contributed by atoms with Crippen LogP contribution in [0.15, 0.2) is 42.5 Å². The second-order valence-electron chi connectivity index (χ2n) is 5.72. The molecule has 20 heavy (non-hydrogen) atoms. The lowest BCUT2D eigenvalue weighted by Gasteiger charge is -2.14. The average molecular weight is 271 g/mol. The summed E-state index contributed by atoms with van der Waals surface area (Å²) in [5.41, 5.74) is 10.4. The first kappa shape index (κ1) is 14.7. The van der Waals surface area contributed by atoms with Crippen LogP contribution in [-0.4, -0.2) is 0 Å². The maximum Gasteiger partial charge on any atom is 0.126 e. The van der Waals surface area contributed by atoms with Gasteiger partial charge < -0.3 is 5.73 Å². The first-order valence-corrected chi connectivity index (χ1v) is 7.08. The van der Waals surface area contributed by atoms with E-state index in [9.17, 15) is 4.39 Å². The van der Waals surface area contributed by atoms with Gasteiger partial charge in [-0.2, -0.15) is 0 Å². The van der Waals surface area contributed by atoms with E-state index in [2.05, 4.69) is 38.1 Å². The summed E-state index contributed by atoms with van der Waals surface area (Å²) in [5, 5.41) is 0. The molecule has 0 fully saturated rings. The molecule has 0 saturated heterocycles. The first-order valence-electron chi connectivity index (χ1n) is 7.08. The van der Waals surface area contributed by atoms with Crippen molar-refractivity contribution in [1.29, 1.82) is 0 Å². The molecule has 2 aromatic carbocycles. The topological polar surface area (TPSA) is 26.0 Å². The Morgan fingerprint density at radius 3 is 2.15 bits per heavy atom. The third kappa shape index (κ3) is 3.45. The Kier molecular flexibility index (Phi) is 4.56. The molecule has 0 spiro atoms. The van der Waals surface area contributed by atoms with Crippen LogP contribution in [0.2, 0.25) is 0 Å². The van der Waals surface area contributed by atoms with Crippen LogP contribution in [-0.2, 0) is 6.42 Å². The van der Waals surface area contributed by atoms with E-state index in [4.69, 9.17) is 5.73 Å². The lowest BCUT2D eigenvalue weighted by Crippen LogP contribution is -2.13. The van der Waals surface area contributed by atoms with E-state index in [1.807, 2.05) is 6.07 Å². The van der Waals surface area contributed by atoms with Crippen LogP contribution >= 0.6 is 0 Å². The number of halogens is 1. The molecule has 106 valence electrons. The van der Waals surface area contributed by atoms with Crippen LogP contribution in [0.3, 0.4) is 0 Å². The van der Waals surface area contributed by atoms with Gasteiger partial charge in [0.15, 0.2) is 0 Å². The quantitative estimate of drug-likeness (QED) is 0.870. The summed E-state index contributed by atoms with van der Waals surface area (Å²) >= 11 is 0. The zero-order valence-corrected chi connectivity index (χ0v) is 12.4. The molecule has 0 aliphatic heterocycles. The zero-order chi connectivity index (χ0) is 14.7. The van der Waals surface area contributed by atoms with Gasteiger partial charge >= 0.3 is 0 Å². The molecule has 2 rings (SSSR count). The van der Waals surface area contributed by atoms with E-state index < -0.39 is 0 Å². The molecule has 0 radical (unpaired) electrons. The molecule has 2 aromatic rings. The molecule has 1 nitrogen and oxygen atoms in total. The fourth-order valence-corrected chi connectivity index (χ4v) is 2.31. The summed E-state index contributed by atoms with van der Waals surface area (Å²) in [6.45, 7) is 6.13. The van der Waals surface area contributed by atoms with Crippen molar-refractivity contribution in [2.45, 2.75) is 39.2 Å². The normalized spacial score (nSPS) is 12.7. The van der Waals surface area contributed by atoms with E-state index in [0.29, 0.717) is 11.5 Å². The van der Waals surface area contributed by atoms with E-state index in [0.717, 1.165) is 12.0 Å². The maximum absolute atomic E-state index is 13.3. The molecule has 1 unspecified atom stereocenters. The number of aryl methyl sites for hydroxylation is 1. The second kappa shape index (κ2) is 6.19. The van der Waals surface area contributed by atoms with Crippen molar-refractivity contribution in [2.24, 2.45) is 5.73 Å². The highest BCUT2D eigenvalue weighted by Gasteiger charge is 2.09. The van der Waals surface area contributed by atoms with Crippen molar-refractivity contribution in [1.82, 2.24) is 0 Å².